The molecule has 1 atom stereocenters. The van der Waals surface area contributed by atoms with Crippen molar-refractivity contribution in [2.45, 2.75) is 55.1 Å². The summed E-state index contributed by atoms with van der Waals surface area (Å²) in [7, 11) is -11.6. The molecule has 0 aliphatic heterocycles. The molecule has 96 heavy (non-hydrogen) atoms. The highest BCUT2D eigenvalue weighted by atomic mass is 35.5. The van der Waals surface area contributed by atoms with Crippen molar-refractivity contribution >= 4 is 97.7 Å². The molecule has 2 heterocycles. The SMILES string of the molecule is COc1nc(C)nc(NC(=O)NS(=O)(=O)c2ccccc2CCC(F)(F)F)n1.C[S+](C)C.O=C(Nc1nc(OC(F)F)cc(OC(F)F)n1)NS(=O)(=O)c1ccccc1C(=O)O.O=C(O)CNCP(=O)([O-])O.O=C(O)c1cc(Oc2ccc(C(F)(F)F)cc2Cl)ccc1[N+](=O)[O-]. The van der Waals surface area contributed by atoms with Crippen LogP contribution >= 0.6 is 19.2 Å². The second kappa shape index (κ2) is 37.0. The summed E-state index contributed by atoms with van der Waals surface area (Å²) < 4.78 is 205. The summed E-state index contributed by atoms with van der Waals surface area (Å²) in [5, 5.41) is 42.2. The standard InChI is InChI=1S/C15H16F3N5O4S.C14H7ClF3NO5.C14H10F4N4O7S.C3H8NO5P.C3H9S/c1-9-19-12(22-14(20-9)27-2)21-13(24)23-28(25,26)11-6-4-3-5-10(11)7-8-15(16,17)18;15-10-5-7(14(16,17)18)1-4-12(10)24-8-2-3-11(19(22)23)9(6-8)13(20)21;15-11(16)28-8-5-9(29-12(17)18)20-13(19-8)21-14(25)22-30(26,27)7-4-2-1-3-6(7)10(23)24;5-3(6)1-4-2-10(7,8)9;1-4(2)3/h3-6H,7-8H2,1-2H3,(H2,19,20,21,22,23,24);1-6H,(H,20,21);1-5,11-12H,(H,23,24)(H2,19,20,21,22,25);4H,1-2H2,(H,5,6)(H2,7,8,9);1-3H3/q;;;;+1/p-1. The molecule has 0 saturated carbocycles. The lowest BCUT2D eigenvalue weighted by Crippen LogP contribution is -2.35. The van der Waals surface area contributed by atoms with E-state index in [-0.39, 0.29) is 39.9 Å². The Morgan fingerprint density at radius 2 is 1.22 bits per heavy atom. The summed E-state index contributed by atoms with van der Waals surface area (Å²) in [6.45, 7) is -5.80. The number of halogens is 11. The van der Waals surface area contributed by atoms with Gasteiger partial charge in [-0.25, -0.2) is 45.5 Å². The zero-order valence-electron chi connectivity index (χ0n) is 48.9. The molecule has 4 aromatic carbocycles. The fourth-order valence-corrected chi connectivity index (χ4v) is 9.10. The van der Waals surface area contributed by atoms with Crippen LogP contribution in [0.4, 0.5) is 71.1 Å². The summed E-state index contributed by atoms with van der Waals surface area (Å²) >= 11 is 5.72. The highest BCUT2D eigenvalue weighted by Gasteiger charge is 2.32. The van der Waals surface area contributed by atoms with Crippen LogP contribution in [0.1, 0.15) is 44.1 Å². The summed E-state index contributed by atoms with van der Waals surface area (Å²) in [5.41, 5.74) is -2.96. The van der Waals surface area contributed by atoms with Crippen molar-refractivity contribution in [1.82, 2.24) is 39.7 Å². The van der Waals surface area contributed by atoms with Crippen molar-refractivity contribution < 1.29 is 138 Å². The van der Waals surface area contributed by atoms with Gasteiger partial charge >= 0.3 is 61.6 Å². The van der Waals surface area contributed by atoms with Gasteiger partial charge in [0.2, 0.25) is 23.7 Å². The number of urea groups is 2. The first kappa shape index (κ1) is 82.6. The van der Waals surface area contributed by atoms with Gasteiger partial charge in [0.05, 0.1) is 70.7 Å². The number of benzene rings is 4. The third kappa shape index (κ3) is 31.1. The maximum atomic E-state index is 12.6. The number of carboxylic acids is 3. The maximum Gasteiger partial charge on any atom is 0.416 e. The van der Waals surface area contributed by atoms with Crippen molar-refractivity contribution in [3.05, 3.63) is 134 Å². The number of amides is 4. The summed E-state index contributed by atoms with van der Waals surface area (Å²) in [6.07, 6.45) is -4.90. The third-order valence-electron chi connectivity index (χ3n) is 9.73. The lowest BCUT2D eigenvalue weighted by Gasteiger charge is -2.14. The van der Waals surface area contributed by atoms with Crippen LogP contribution < -0.4 is 49.2 Å². The predicted octanol–water partition coefficient (Wildman–Crippen LogP) is 7.50. The molecule has 0 fully saturated rings. The Morgan fingerprint density at radius 1 is 0.719 bits per heavy atom. The second-order valence-electron chi connectivity index (χ2n) is 17.8. The molecule has 0 radical (unpaired) electrons. The highest BCUT2D eigenvalue weighted by Crippen LogP contribution is 2.37. The van der Waals surface area contributed by atoms with E-state index in [9.17, 15) is 104 Å². The first-order chi connectivity index (χ1) is 44.2. The minimum Gasteiger partial charge on any atom is -0.778 e. The zero-order chi connectivity index (χ0) is 73.3. The normalized spacial score (nSPS) is 11.8. The number of carboxylic acid groups (broad SMARTS) is 3. The van der Waals surface area contributed by atoms with Gasteiger partial charge in [-0.15, -0.1) is 0 Å². The number of ether oxygens (including phenoxy) is 4. The van der Waals surface area contributed by atoms with Crippen LogP contribution in [-0.4, -0.2) is 155 Å². The van der Waals surface area contributed by atoms with Gasteiger partial charge in [0.15, 0.2) is 0 Å². The van der Waals surface area contributed by atoms with E-state index in [0.29, 0.717) is 23.0 Å². The number of aromatic carboxylic acids is 2. The van der Waals surface area contributed by atoms with Crippen molar-refractivity contribution in [2.24, 2.45) is 0 Å². The van der Waals surface area contributed by atoms with Crippen LogP contribution in [0.3, 0.4) is 0 Å². The molecule has 0 bridgehead atoms. The number of carbonyl (C=O) groups is 5. The van der Waals surface area contributed by atoms with Crippen molar-refractivity contribution in [2.75, 3.05) is 49.3 Å². The number of nitrogens with zero attached hydrogens (tertiary/aromatic N) is 6. The Balaban J connectivity index is 0.000000446. The molecular weight excluding hydrogens is 1430 g/mol. The topological polar surface area (TPSA) is 479 Å². The van der Waals surface area contributed by atoms with E-state index in [2.05, 4.69) is 58.5 Å². The molecule has 0 aliphatic carbocycles. The largest absolute Gasteiger partial charge is 0.778 e. The number of carbonyl (C=O) groups excluding carboxylic acids is 2. The molecule has 526 valence electrons. The van der Waals surface area contributed by atoms with Gasteiger partial charge in [-0.05, 0) is 72.3 Å². The minimum absolute atomic E-state index is 0.0715. The number of aryl methyl sites for hydroxylation is 2. The summed E-state index contributed by atoms with van der Waals surface area (Å²) in [4.78, 5) is 100. The lowest BCUT2D eigenvalue weighted by molar-refractivity contribution is -0.385. The van der Waals surface area contributed by atoms with Gasteiger partial charge < -0.3 is 48.6 Å². The fraction of sp³-hybridized carbons (Fsp3) is 0.265. The Kier molecular flexibility index (Phi) is 31.8. The number of nitro groups is 1. The fourth-order valence-electron chi connectivity index (χ4n) is 6.20. The number of methoxy groups -OCH3 is 1. The molecule has 6 rings (SSSR count). The number of nitrogens with one attached hydrogen (secondary N) is 5. The van der Waals surface area contributed by atoms with E-state index in [0.717, 1.165) is 48.5 Å². The quantitative estimate of drug-likeness (QED) is 0.0104. The number of nitro benzene ring substituents is 1. The third-order valence-corrected chi connectivity index (χ3v) is 13.5. The maximum absolute atomic E-state index is 12.6. The van der Waals surface area contributed by atoms with Crippen molar-refractivity contribution in [1.29, 1.82) is 0 Å². The van der Waals surface area contributed by atoms with Gasteiger partial charge in [0.1, 0.15) is 35.4 Å². The molecule has 2 aromatic heterocycles. The van der Waals surface area contributed by atoms with Crippen LogP contribution in [0.5, 0.6) is 29.3 Å². The molecule has 0 saturated heterocycles. The number of anilines is 2. The molecule has 47 heteroatoms. The number of sulfonamides is 2. The van der Waals surface area contributed by atoms with Crippen LogP contribution in [0, 0.1) is 17.0 Å². The van der Waals surface area contributed by atoms with E-state index in [4.69, 9.17) is 41.3 Å². The van der Waals surface area contributed by atoms with Crippen LogP contribution in [0.25, 0.3) is 0 Å². The molecule has 0 aliphatic rings. The van der Waals surface area contributed by atoms with E-state index in [1.165, 1.54) is 49.1 Å². The van der Waals surface area contributed by atoms with E-state index in [1.807, 2.05) is 5.32 Å². The average Bonchev–Trinajstić information content (AvgIpc) is 1.24. The Bertz CT molecular complexity index is 3970. The van der Waals surface area contributed by atoms with Crippen molar-refractivity contribution in [3.63, 3.8) is 0 Å². The lowest BCUT2D eigenvalue weighted by atomic mass is 10.1. The number of aliphatic carboxylic acids is 1. The van der Waals surface area contributed by atoms with Gasteiger partial charge in [-0.1, -0.05) is 41.9 Å². The molecular formula is C49H49ClF10N11O21PS3. The highest BCUT2D eigenvalue weighted by molar-refractivity contribution is 7.94. The van der Waals surface area contributed by atoms with Crippen molar-refractivity contribution in [3.8, 4) is 29.3 Å². The van der Waals surface area contributed by atoms with Gasteiger partial charge in [0.25, 0.3) is 25.7 Å². The predicted molar refractivity (Wildman–Crippen MR) is 311 cm³/mol. The van der Waals surface area contributed by atoms with E-state index in [1.54, 1.807) is 10.0 Å². The molecule has 32 nitrogen and oxygen atoms in total. The van der Waals surface area contributed by atoms with E-state index < -0.39 is 164 Å². The minimum atomic E-state index is -4.71. The van der Waals surface area contributed by atoms with E-state index >= 15 is 0 Å². The van der Waals surface area contributed by atoms with Gasteiger partial charge in [-0.3, -0.25) is 30.9 Å². The molecule has 9 N–H and O–H groups in total. The van der Waals surface area contributed by atoms with Gasteiger partial charge in [0, 0.05) is 18.6 Å². The number of aromatic nitrogens is 5. The first-order valence-corrected chi connectivity index (χ1v) is 32.5. The zero-order valence-corrected chi connectivity index (χ0v) is 53.0. The van der Waals surface area contributed by atoms with Crippen LogP contribution in [0.2, 0.25) is 5.02 Å². The molecule has 6 aromatic rings. The number of rotatable bonds is 22. The van der Waals surface area contributed by atoms with Gasteiger partial charge in [-0.2, -0.15) is 68.8 Å². The molecule has 0 spiro atoms. The number of alkyl halides is 10. The molecule has 4 amide bonds. The number of hydrogen-bond acceptors (Lipinski definition) is 23. The Labute approximate surface area is 541 Å². The molecule has 1 unspecified atom stereocenters. The van der Waals surface area contributed by atoms with Crippen LogP contribution in [-0.2, 0) is 52.9 Å². The monoisotopic (exact) mass is 1480 g/mol. The first-order valence-electron chi connectivity index (χ1n) is 24.9. The Hall–Kier alpha value is -9.53. The Morgan fingerprint density at radius 3 is 1.68 bits per heavy atom. The number of hydrogen-bond donors (Lipinski definition) is 9. The average molecular weight is 1480 g/mol. The summed E-state index contributed by atoms with van der Waals surface area (Å²) in [6, 6.07) is 12.3. The summed E-state index contributed by atoms with van der Waals surface area (Å²) in [5.74, 6) is -7.51. The smallest absolute Gasteiger partial charge is 0.416 e. The second-order valence-corrected chi connectivity index (χ2v) is 25.5. The van der Waals surface area contributed by atoms with Crippen LogP contribution in [0.15, 0.2) is 101 Å².